The van der Waals surface area contributed by atoms with E-state index in [1.807, 2.05) is 24.3 Å². The lowest BCUT2D eigenvalue weighted by atomic mass is 9.74. The van der Waals surface area contributed by atoms with Crippen LogP contribution in [0, 0.1) is 5.41 Å². The Morgan fingerprint density at radius 1 is 1.00 bits per heavy atom. The highest BCUT2D eigenvalue weighted by Gasteiger charge is 2.58. The molecule has 4 rings (SSSR count). The average Bonchev–Trinajstić information content (AvgIpc) is 2.96. The molecule has 1 nitrogen and oxygen atoms in total. The molecule has 2 bridgehead atoms. The summed E-state index contributed by atoms with van der Waals surface area (Å²) in [6.07, 6.45) is 0.737. The van der Waals surface area contributed by atoms with Crippen molar-refractivity contribution in [2.45, 2.75) is 13.8 Å². The van der Waals surface area contributed by atoms with Crippen molar-refractivity contribution in [3.63, 3.8) is 0 Å². The molecule has 24 heavy (non-hydrogen) atoms. The molecule has 2 unspecified atom stereocenters. The molecule has 0 saturated heterocycles. The summed E-state index contributed by atoms with van der Waals surface area (Å²) in [5, 5.41) is 2.88. The first-order valence-electron chi connectivity index (χ1n) is 8.24. The van der Waals surface area contributed by atoms with Crippen LogP contribution >= 0.6 is 23.1 Å². The molecular weight excluding hydrogens is 379 g/mol. The topological polar surface area (TPSA) is 17.1 Å². The molecule has 0 aliphatic carbocycles. The number of rotatable bonds is 3. The first-order valence-corrected chi connectivity index (χ1v) is 11.3. The van der Waals surface area contributed by atoms with E-state index in [1.165, 1.54) is 16.7 Å². The molecule has 0 saturated carbocycles. The zero-order valence-electron chi connectivity index (χ0n) is 13.9. The molecule has 0 N–H and O–H groups in total. The van der Waals surface area contributed by atoms with E-state index in [0.717, 1.165) is 22.4 Å². The average molecular weight is 399 g/mol. The molecule has 0 radical (unpaired) electrons. The third kappa shape index (κ3) is 2.03. The Labute approximate surface area is 152 Å². The van der Waals surface area contributed by atoms with E-state index < -0.39 is 7.14 Å². The Balaban J connectivity index is 1.98. The molecule has 3 heteroatoms. The van der Waals surface area contributed by atoms with E-state index in [4.69, 9.17) is 0 Å². The van der Waals surface area contributed by atoms with Crippen LogP contribution in [0.1, 0.15) is 25.0 Å². The molecule has 0 amide bonds. The van der Waals surface area contributed by atoms with Gasteiger partial charge in [-0.25, -0.2) is 0 Å². The second kappa shape index (κ2) is 5.58. The van der Waals surface area contributed by atoms with Crippen molar-refractivity contribution in [2.75, 3.05) is 11.5 Å². The fourth-order valence-electron chi connectivity index (χ4n) is 4.45. The smallest absolute Gasteiger partial charge is 0.142 e. The summed E-state index contributed by atoms with van der Waals surface area (Å²) in [5.41, 5.74) is 4.75. The minimum Gasteiger partial charge on any atom is -0.314 e. The summed E-state index contributed by atoms with van der Waals surface area (Å²) in [4.78, 5) is 0. The number of benzene rings is 2. The number of halogens is 1. The fraction of sp³-hybridized carbons (Fsp3) is 0.238. The number of hydrogen-bond donors (Lipinski definition) is 0. The third-order valence-corrected chi connectivity index (χ3v) is 10.2. The Kier molecular flexibility index (Phi) is 3.74. The zero-order valence-corrected chi connectivity index (χ0v) is 16.4. The van der Waals surface area contributed by atoms with Crippen LogP contribution in [-0.4, -0.2) is 11.5 Å². The predicted octanol–water partition coefficient (Wildman–Crippen LogP) is 6.62. The molecule has 0 fully saturated rings. The van der Waals surface area contributed by atoms with Crippen LogP contribution in [0.25, 0.3) is 10.9 Å². The summed E-state index contributed by atoms with van der Waals surface area (Å²) in [5.74, 6) is 0. The van der Waals surface area contributed by atoms with Crippen molar-refractivity contribution < 1.29 is 4.57 Å². The highest BCUT2D eigenvalue weighted by molar-refractivity contribution is 9.09. The van der Waals surface area contributed by atoms with E-state index in [9.17, 15) is 4.57 Å². The maximum absolute atomic E-state index is 14.2. The second-order valence-corrected chi connectivity index (χ2v) is 10.2. The van der Waals surface area contributed by atoms with E-state index in [1.54, 1.807) is 0 Å². The van der Waals surface area contributed by atoms with Gasteiger partial charge in [0.15, 0.2) is 0 Å². The zero-order chi connectivity index (χ0) is 16.9. The van der Waals surface area contributed by atoms with Gasteiger partial charge in [0.25, 0.3) is 0 Å². The van der Waals surface area contributed by atoms with Gasteiger partial charge in [-0.1, -0.05) is 89.1 Å². The van der Waals surface area contributed by atoms with Crippen LogP contribution in [-0.2, 0) is 4.57 Å². The van der Waals surface area contributed by atoms with Crippen molar-refractivity contribution >= 4 is 34.0 Å². The van der Waals surface area contributed by atoms with Crippen LogP contribution in [0.4, 0.5) is 0 Å². The van der Waals surface area contributed by atoms with Gasteiger partial charge in [-0.05, 0) is 23.6 Å². The summed E-state index contributed by atoms with van der Waals surface area (Å²) >= 11 is 3.64. The summed E-state index contributed by atoms with van der Waals surface area (Å²) in [6, 6.07) is 20.7. The molecule has 2 aromatic rings. The highest BCUT2D eigenvalue weighted by Crippen LogP contribution is 2.82. The first-order chi connectivity index (χ1) is 11.5. The summed E-state index contributed by atoms with van der Waals surface area (Å²) < 4.78 is 14.2. The van der Waals surface area contributed by atoms with Crippen LogP contribution in [0.15, 0.2) is 71.6 Å². The minimum atomic E-state index is -2.55. The maximum atomic E-state index is 14.2. The first kappa shape index (κ1) is 16.1. The summed E-state index contributed by atoms with van der Waals surface area (Å²) in [6.45, 7) is 4.44. The Morgan fingerprint density at radius 3 is 2.08 bits per heavy atom. The number of allylic oxidation sites excluding steroid dienone is 3. The Bertz CT molecular complexity index is 911. The van der Waals surface area contributed by atoms with Crippen molar-refractivity contribution in [1.82, 2.24) is 0 Å². The second-order valence-electron chi connectivity index (χ2n) is 6.89. The molecule has 2 aliphatic heterocycles. The normalized spacial score (nSPS) is 28.8. The van der Waals surface area contributed by atoms with Gasteiger partial charge in [0.2, 0.25) is 0 Å². The monoisotopic (exact) mass is 398 g/mol. The van der Waals surface area contributed by atoms with Crippen LogP contribution < -0.4 is 0 Å². The Morgan fingerprint density at radius 2 is 1.54 bits per heavy atom. The quantitative estimate of drug-likeness (QED) is 0.419. The molecule has 122 valence electrons. The van der Waals surface area contributed by atoms with Crippen LogP contribution in [0.5, 0.6) is 0 Å². The van der Waals surface area contributed by atoms with Gasteiger partial charge >= 0.3 is 0 Å². The number of hydrogen-bond acceptors (Lipinski definition) is 1. The molecule has 2 aliphatic rings. The molecule has 2 heterocycles. The van der Waals surface area contributed by atoms with Gasteiger partial charge in [-0.3, -0.25) is 0 Å². The molecule has 0 aromatic heterocycles. The fourth-order valence-corrected chi connectivity index (χ4v) is 10.1. The van der Waals surface area contributed by atoms with Gasteiger partial charge in [-0.2, -0.15) is 0 Å². The van der Waals surface area contributed by atoms with E-state index >= 15 is 0 Å². The van der Waals surface area contributed by atoms with Crippen molar-refractivity contribution in [3.8, 4) is 0 Å². The molecular formula is C21H20BrOP. The maximum Gasteiger partial charge on any atom is 0.142 e. The number of alkyl halides is 1. The molecule has 0 spiro atoms. The van der Waals surface area contributed by atoms with Crippen LogP contribution in [0.3, 0.4) is 0 Å². The van der Waals surface area contributed by atoms with Gasteiger partial charge in [0.05, 0.1) is 0 Å². The lowest BCUT2D eigenvalue weighted by Gasteiger charge is -2.30. The predicted molar refractivity (Wildman–Crippen MR) is 107 cm³/mol. The van der Waals surface area contributed by atoms with Crippen molar-refractivity contribution in [3.05, 3.63) is 82.7 Å². The lowest BCUT2D eigenvalue weighted by Crippen LogP contribution is -2.18. The van der Waals surface area contributed by atoms with Gasteiger partial charge < -0.3 is 4.57 Å². The van der Waals surface area contributed by atoms with E-state index in [-0.39, 0.29) is 5.41 Å². The van der Waals surface area contributed by atoms with Gasteiger partial charge in [0.1, 0.15) is 7.14 Å². The van der Waals surface area contributed by atoms with Crippen molar-refractivity contribution in [2.24, 2.45) is 5.41 Å². The lowest BCUT2D eigenvalue weighted by molar-refractivity contribution is 0.576. The Hall–Kier alpha value is -1.37. The molecule has 2 aromatic carbocycles. The van der Waals surface area contributed by atoms with E-state index in [0.29, 0.717) is 5.33 Å². The van der Waals surface area contributed by atoms with Gasteiger partial charge in [-0.15, -0.1) is 0 Å². The minimum absolute atomic E-state index is 0.134. The largest absolute Gasteiger partial charge is 0.314 e. The molecule has 2 atom stereocenters. The highest BCUT2D eigenvalue weighted by atomic mass is 79.9. The summed E-state index contributed by atoms with van der Waals surface area (Å²) in [7, 11) is -2.55. The number of fused-ring (bicyclic) bond motifs is 2. The SMILES string of the molecule is CC1=C(c2ccccc2)P2(=O)CC1(C)C(c1ccccc1)=C2CBr. The van der Waals surface area contributed by atoms with Crippen LogP contribution in [0.2, 0.25) is 0 Å². The van der Waals surface area contributed by atoms with E-state index in [2.05, 4.69) is 66.2 Å². The standard InChI is InChI=1S/C21H20BrOP/c1-15-20(17-11-7-4-8-12-17)24(23)14-21(15,2)19(18(24)13-22)16-9-5-3-6-10-16/h3-12H,13-14H2,1-2H3. The van der Waals surface area contributed by atoms with Crippen molar-refractivity contribution in [1.29, 1.82) is 0 Å². The third-order valence-electron chi connectivity index (χ3n) is 5.60. The van der Waals surface area contributed by atoms with Gasteiger partial charge in [0, 0.05) is 27.5 Å².